The standard InChI is InChI=1S/C9H8F3N3/c10-9(11,12)5-15-8(13)6-3-1-2-4-7(6)14-15/h1-4H,5,13H2. The number of hydrogen-bond donors (Lipinski definition) is 1. The van der Waals surface area contributed by atoms with E-state index in [0.29, 0.717) is 10.9 Å². The van der Waals surface area contributed by atoms with Crippen LogP contribution in [-0.2, 0) is 6.54 Å². The third-order valence-electron chi connectivity index (χ3n) is 2.02. The lowest BCUT2D eigenvalue weighted by molar-refractivity contribution is -0.142. The number of nitrogens with two attached hydrogens (primary N) is 1. The minimum atomic E-state index is -4.31. The number of fused-ring (bicyclic) bond motifs is 1. The molecule has 0 saturated heterocycles. The Morgan fingerprint density at radius 2 is 1.93 bits per heavy atom. The van der Waals surface area contributed by atoms with Crippen LogP contribution in [0.3, 0.4) is 0 Å². The average molecular weight is 215 g/mol. The van der Waals surface area contributed by atoms with Crippen molar-refractivity contribution in [2.24, 2.45) is 0 Å². The zero-order valence-corrected chi connectivity index (χ0v) is 7.62. The molecule has 0 unspecified atom stereocenters. The Bertz CT molecular complexity index is 487. The Morgan fingerprint density at radius 1 is 1.27 bits per heavy atom. The van der Waals surface area contributed by atoms with Gasteiger partial charge in [0.25, 0.3) is 0 Å². The van der Waals surface area contributed by atoms with Gasteiger partial charge in [-0.05, 0) is 12.1 Å². The smallest absolute Gasteiger partial charge is 0.383 e. The summed E-state index contributed by atoms with van der Waals surface area (Å²) in [6.45, 7) is -1.16. The van der Waals surface area contributed by atoms with Crippen molar-refractivity contribution in [1.29, 1.82) is 0 Å². The minimum absolute atomic E-state index is 0.0444. The number of hydrogen-bond acceptors (Lipinski definition) is 2. The average Bonchev–Trinajstić information content (AvgIpc) is 2.42. The van der Waals surface area contributed by atoms with Gasteiger partial charge >= 0.3 is 6.18 Å². The van der Waals surface area contributed by atoms with E-state index in [9.17, 15) is 13.2 Å². The van der Waals surface area contributed by atoms with Gasteiger partial charge in [0.1, 0.15) is 12.4 Å². The van der Waals surface area contributed by atoms with E-state index in [4.69, 9.17) is 5.73 Å². The van der Waals surface area contributed by atoms with Crippen LogP contribution in [-0.4, -0.2) is 16.0 Å². The summed E-state index contributed by atoms with van der Waals surface area (Å²) >= 11 is 0. The molecule has 80 valence electrons. The van der Waals surface area contributed by atoms with Gasteiger partial charge in [-0.15, -0.1) is 0 Å². The zero-order chi connectivity index (χ0) is 11.1. The molecule has 3 nitrogen and oxygen atoms in total. The fourth-order valence-electron chi connectivity index (χ4n) is 1.39. The molecule has 0 spiro atoms. The van der Waals surface area contributed by atoms with Gasteiger partial charge in [0.15, 0.2) is 0 Å². The number of nitrogen functional groups attached to an aromatic ring is 1. The van der Waals surface area contributed by atoms with Crippen molar-refractivity contribution in [2.45, 2.75) is 12.7 Å². The minimum Gasteiger partial charge on any atom is -0.383 e. The van der Waals surface area contributed by atoms with E-state index in [1.165, 1.54) is 0 Å². The second-order valence-electron chi connectivity index (χ2n) is 3.18. The second kappa shape index (κ2) is 3.15. The van der Waals surface area contributed by atoms with Crippen molar-refractivity contribution in [1.82, 2.24) is 9.78 Å². The van der Waals surface area contributed by atoms with Crippen molar-refractivity contribution in [3.63, 3.8) is 0 Å². The molecule has 6 heteroatoms. The van der Waals surface area contributed by atoms with Gasteiger partial charge in [0.2, 0.25) is 0 Å². The molecule has 1 aromatic carbocycles. The third-order valence-corrected chi connectivity index (χ3v) is 2.02. The molecule has 0 aliphatic rings. The Kier molecular flexibility index (Phi) is 2.06. The summed E-state index contributed by atoms with van der Waals surface area (Å²) in [7, 11) is 0. The summed E-state index contributed by atoms with van der Waals surface area (Å²) in [4.78, 5) is 0. The van der Waals surface area contributed by atoms with E-state index >= 15 is 0 Å². The predicted molar refractivity (Wildman–Crippen MR) is 50.2 cm³/mol. The number of anilines is 1. The molecule has 0 atom stereocenters. The Morgan fingerprint density at radius 3 is 2.53 bits per heavy atom. The highest BCUT2D eigenvalue weighted by Crippen LogP contribution is 2.24. The summed E-state index contributed by atoms with van der Waals surface area (Å²) in [5.41, 5.74) is 6.02. The summed E-state index contributed by atoms with van der Waals surface area (Å²) in [5.74, 6) is 0.0444. The predicted octanol–water partition coefficient (Wildman–Crippen LogP) is 2.18. The lowest BCUT2D eigenvalue weighted by atomic mass is 10.2. The van der Waals surface area contributed by atoms with E-state index in [1.54, 1.807) is 24.3 Å². The van der Waals surface area contributed by atoms with E-state index in [2.05, 4.69) is 5.10 Å². The first-order valence-electron chi connectivity index (χ1n) is 4.25. The summed E-state index contributed by atoms with van der Waals surface area (Å²) in [5, 5.41) is 4.31. The first kappa shape index (κ1) is 9.82. The quantitative estimate of drug-likeness (QED) is 0.792. The number of benzene rings is 1. The molecular formula is C9H8F3N3. The normalized spacial score (nSPS) is 12.2. The Balaban J connectivity index is 2.49. The highest BCUT2D eigenvalue weighted by Gasteiger charge is 2.29. The molecule has 2 N–H and O–H groups in total. The van der Waals surface area contributed by atoms with Crippen molar-refractivity contribution >= 4 is 16.7 Å². The first-order chi connectivity index (χ1) is 6.97. The summed E-state index contributed by atoms with van der Waals surface area (Å²) < 4.78 is 37.2. The molecular weight excluding hydrogens is 207 g/mol. The maximum Gasteiger partial charge on any atom is 0.408 e. The SMILES string of the molecule is Nc1c2ccccc2nn1CC(F)(F)F. The molecule has 0 bridgehead atoms. The van der Waals surface area contributed by atoms with Crippen LogP contribution in [0.1, 0.15) is 0 Å². The van der Waals surface area contributed by atoms with Crippen LogP contribution in [0.15, 0.2) is 24.3 Å². The Labute approximate surface area is 83.3 Å². The van der Waals surface area contributed by atoms with Crippen LogP contribution in [0.25, 0.3) is 10.9 Å². The van der Waals surface area contributed by atoms with Crippen LogP contribution in [0.5, 0.6) is 0 Å². The van der Waals surface area contributed by atoms with Crippen LogP contribution < -0.4 is 5.73 Å². The lowest BCUT2D eigenvalue weighted by Crippen LogP contribution is -2.19. The second-order valence-corrected chi connectivity index (χ2v) is 3.18. The van der Waals surface area contributed by atoms with Crippen molar-refractivity contribution in [3.8, 4) is 0 Å². The van der Waals surface area contributed by atoms with Crippen molar-refractivity contribution in [3.05, 3.63) is 24.3 Å². The molecule has 0 amide bonds. The largest absolute Gasteiger partial charge is 0.408 e. The maximum absolute atomic E-state index is 12.1. The maximum atomic E-state index is 12.1. The number of halogens is 3. The van der Waals surface area contributed by atoms with Crippen LogP contribution in [0, 0.1) is 0 Å². The number of rotatable bonds is 1. The van der Waals surface area contributed by atoms with Gasteiger partial charge in [-0.1, -0.05) is 12.1 Å². The molecule has 2 aromatic rings. The number of aromatic nitrogens is 2. The summed E-state index contributed by atoms with van der Waals surface area (Å²) in [6, 6.07) is 6.67. The van der Waals surface area contributed by atoms with Crippen molar-refractivity contribution < 1.29 is 13.2 Å². The van der Waals surface area contributed by atoms with E-state index in [0.717, 1.165) is 4.68 Å². The molecule has 0 aliphatic heterocycles. The molecule has 1 heterocycles. The van der Waals surface area contributed by atoms with Gasteiger partial charge in [-0.25, -0.2) is 4.68 Å². The first-order valence-corrected chi connectivity index (χ1v) is 4.25. The molecule has 15 heavy (non-hydrogen) atoms. The van der Waals surface area contributed by atoms with E-state index in [-0.39, 0.29) is 5.82 Å². The zero-order valence-electron chi connectivity index (χ0n) is 7.62. The van der Waals surface area contributed by atoms with Crippen LogP contribution in [0.4, 0.5) is 19.0 Å². The highest BCUT2D eigenvalue weighted by atomic mass is 19.4. The molecule has 0 aliphatic carbocycles. The van der Waals surface area contributed by atoms with E-state index < -0.39 is 12.7 Å². The van der Waals surface area contributed by atoms with Gasteiger partial charge < -0.3 is 5.73 Å². The van der Waals surface area contributed by atoms with Gasteiger partial charge in [-0.3, -0.25) is 0 Å². The molecule has 0 saturated carbocycles. The monoisotopic (exact) mass is 215 g/mol. The van der Waals surface area contributed by atoms with Gasteiger partial charge in [-0.2, -0.15) is 18.3 Å². The highest BCUT2D eigenvalue weighted by molar-refractivity contribution is 5.88. The fraction of sp³-hybridized carbons (Fsp3) is 0.222. The third kappa shape index (κ3) is 1.88. The molecule has 0 fully saturated rings. The van der Waals surface area contributed by atoms with Crippen molar-refractivity contribution in [2.75, 3.05) is 5.73 Å². The summed E-state index contributed by atoms with van der Waals surface area (Å²) in [6.07, 6.45) is -4.31. The van der Waals surface area contributed by atoms with E-state index in [1.807, 2.05) is 0 Å². The lowest BCUT2D eigenvalue weighted by Gasteiger charge is -2.07. The number of alkyl halides is 3. The van der Waals surface area contributed by atoms with Crippen LogP contribution >= 0.6 is 0 Å². The number of nitrogens with zero attached hydrogens (tertiary/aromatic N) is 2. The molecule has 1 aromatic heterocycles. The van der Waals surface area contributed by atoms with Crippen LogP contribution in [0.2, 0.25) is 0 Å². The molecule has 0 radical (unpaired) electrons. The Hall–Kier alpha value is -1.72. The fourth-order valence-corrected chi connectivity index (χ4v) is 1.39. The van der Waals surface area contributed by atoms with Gasteiger partial charge in [0, 0.05) is 5.39 Å². The van der Waals surface area contributed by atoms with Gasteiger partial charge in [0.05, 0.1) is 5.52 Å². The molecule has 2 rings (SSSR count). The topological polar surface area (TPSA) is 43.8 Å².